The van der Waals surface area contributed by atoms with Gasteiger partial charge in [-0.25, -0.2) is 9.18 Å². The summed E-state index contributed by atoms with van der Waals surface area (Å²) in [7, 11) is 2.78. The summed E-state index contributed by atoms with van der Waals surface area (Å²) in [5, 5.41) is 2.97. The van der Waals surface area contributed by atoms with Crippen molar-refractivity contribution in [1.29, 1.82) is 0 Å². The number of halogens is 2. The molecule has 0 unspecified atom stereocenters. The smallest absolute Gasteiger partial charge is 0.407 e. The van der Waals surface area contributed by atoms with Crippen LogP contribution in [0.4, 0.5) is 9.18 Å². The molecule has 3 aromatic rings. The van der Waals surface area contributed by atoms with Crippen molar-refractivity contribution in [3.8, 4) is 16.9 Å². The van der Waals surface area contributed by atoms with E-state index in [-0.39, 0.29) is 28.7 Å². The highest BCUT2D eigenvalue weighted by Crippen LogP contribution is 2.36. The van der Waals surface area contributed by atoms with Crippen molar-refractivity contribution in [1.82, 2.24) is 15.1 Å². The topological polar surface area (TPSA) is 88.2 Å². The van der Waals surface area contributed by atoms with Gasteiger partial charge in [0.15, 0.2) is 0 Å². The van der Waals surface area contributed by atoms with Crippen molar-refractivity contribution in [2.75, 3.05) is 40.4 Å². The first-order valence-electron chi connectivity index (χ1n) is 13.9. The van der Waals surface area contributed by atoms with Crippen molar-refractivity contribution in [3.63, 3.8) is 0 Å². The molecule has 0 aliphatic carbocycles. The molecule has 3 atom stereocenters. The molecule has 0 aromatic heterocycles. The van der Waals surface area contributed by atoms with Gasteiger partial charge < -0.3 is 24.6 Å². The van der Waals surface area contributed by atoms with Gasteiger partial charge in [-0.05, 0) is 66.1 Å². The molecule has 8 nitrogen and oxygen atoms in total. The van der Waals surface area contributed by atoms with Gasteiger partial charge in [0.05, 0.1) is 24.8 Å². The molecule has 0 spiro atoms. The highest BCUT2D eigenvalue weighted by atomic mass is 35.5. The Morgan fingerprint density at radius 2 is 1.62 bits per heavy atom. The number of nitrogens with zero attached hydrogens (tertiary/aromatic N) is 2. The Bertz CT molecular complexity index is 1450. The number of alkyl carbamates (subject to hydrolysis) is 1. The van der Waals surface area contributed by atoms with Crippen LogP contribution in [0.2, 0.25) is 5.02 Å². The van der Waals surface area contributed by atoms with Gasteiger partial charge in [0, 0.05) is 31.7 Å². The van der Waals surface area contributed by atoms with Gasteiger partial charge in [-0.3, -0.25) is 9.59 Å². The first-order chi connectivity index (χ1) is 20.3. The second-order valence-corrected chi connectivity index (χ2v) is 11.1. The third kappa shape index (κ3) is 6.21. The van der Waals surface area contributed by atoms with Gasteiger partial charge in [-0.15, -0.1) is 0 Å². The van der Waals surface area contributed by atoms with E-state index >= 15 is 0 Å². The summed E-state index contributed by atoms with van der Waals surface area (Å²) < 4.78 is 24.0. The highest BCUT2D eigenvalue weighted by Gasteiger charge is 2.40. The van der Waals surface area contributed by atoms with Gasteiger partial charge in [-0.2, -0.15) is 0 Å². The number of methoxy groups -OCH3 is 2. The van der Waals surface area contributed by atoms with Crippen LogP contribution in [-0.4, -0.2) is 68.1 Å². The van der Waals surface area contributed by atoms with Gasteiger partial charge in [0.2, 0.25) is 5.91 Å². The van der Waals surface area contributed by atoms with Crippen LogP contribution in [0.5, 0.6) is 5.75 Å². The number of fused-ring (bicyclic) bond motifs is 1. The standard InChI is InChI=1S/C32H33ClFN3O5/c1-41-28-11-9-24(34)17-26(28)21-8-10-25(27(33)16-21)30(38)36-14-12-22-18-37(19-23(22)13-15-36)31(39)29(35-32(40)42-2)20-6-4-3-5-7-20/h3-11,16-17,22-23,29H,12-15,18-19H2,1-2H3,(H,35,40)/t22-,23+,29-/m1/s1. The lowest BCUT2D eigenvalue weighted by Crippen LogP contribution is -2.42. The summed E-state index contributed by atoms with van der Waals surface area (Å²) in [4.78, 5) is 42.7. The lowest BCUT2D eigenvalue weighted by atomic mass is 9.92. The fraction of sp³-hybridized carbons (Fsp3) is 0.344. The normalized spacial score (nSPS) is 19.0. The first kappa shape index (κ1) is 29.4. The number of carbonyl (C=O) groups is 3. The van der Waals surface area contributed by atoms with E-state index in [0.717, 1.165) is 12.8 Å². The van der Waals surface area contributed by atoms with E-state index in [9.17, 15) is 18.8 Å². The lowest BCUT2D eigenvalue weighted by Gasteiger charge is -2.26. The summed E-state index contributed by atoms with van der Waals surface area (Å²) in [5.74, 6) is 0.257. The Morgan fingerprint density at radius 3 is 2.24 bits per heavy atom. The Morgan fingerprint density at radius 1 is 0.929 bits per heavy atom. The summed E-state index contributed by atoms with van der Waals surface area (Å²) in [6.07, 6.45) is 0.828. The zero-order valence-electron chi connectivity index (χ0n) is 23.5. The predicted molar refractivity (Wildman–Crippen MR) is 157 cm³/mol. The average molecular weight is 594 g/mol. The summed E-state index contributed by atoms with van der Waals surface area (Å²) in [6.45, 7) is 2.20. The van der Waals surface area contributed by atoms with Crippen molar-refractivity contribution < 1.29 is 28.2 Å². The highest BCUT2D eigenvalue weighted by molar-refractivity contribution is 6.34. The van der Waals surface area contributed by atoms with E-state index in [4.69, 9.17) is 21.1 Å². The fourth-order valence-corrected chi connectivity index (χ4v) is 6.22. The third-order valence-corrected chi connectivity index (χ3v) is 8.53. The predicted octanol–water partition coefficient (Wildman–Crippen LogP) is 5.56. The van der Waals surface area contributed by atoms with E-state index in [1.807, 2.05) is 40.1 Å². The van der Waals surface area contributed by atoms with Gasteiger partial charge in [-0.1, -0.05) is 48.0 Å². The van der Waals surface area contributed by atoms with Crippen molar-refractivity contribution >= 4 is 29.5 Å². The number of hydrogen-bond donors (Lipinski definition) is 1. The third-order valence-electron chi connectivity index (χ3n) is 8.21. The molecule has 0 bridgehead atoms. The zero-order valence-corrected chi connectivity index (χ0v) is 24.3. The fourth-order valence-electron chi connectivity index (χ4n) is 5.96. The van der Waals surface area contributed by atoms with Crippen LogP contribution >= 0.6 is 11.6 Å². The monoisotopic (exact) mass is 593 g/mol. The van der Waals surface area contributed by atoms with Crippen LogP contribution in [0.1, 0.15) is 34.8 Å². The van der Waals surface area contributed by atoms with Gasteiger partial charge in [0.1, 0.15) is 17.6 Å². The van der Waals surface area contributed by atoms with Crippen LogP contribution in [0.3, 0.4) is 0 Å². The van der Waals surface area contributed by atoms with Crippen molar-refractivity contribution in [2.45, 2.75) is 18.9 Å². The van der Waals surface area contributed by atoms with Gasteiger partial charge in [0.25, 0.3) is 5.91 Å². The second-order valence-electron chi connectivity index (χ2n) is 10.7. The number of ether oxygens (including phenoxy) is 2. The Hall–Kier alpha value is -4.11. The van der Waals surface area contributed by atoms with Crippen molar-refractivity contribution in [3.05, 3.63) is 88.7 Å². The second kappa shape index (κ2) is 12.8. The lowest BCUT2D eigenvalue weighted by molar-refractivity contribution is -0.132. The molecule has 42 heavy (non-hydrogen) atoms. The Balaban J connectivity index is 1.25. The Labute approximate surface area is 249 Å². The van der Waals surface area contributed by atoms with Crippen LogP contribution in [0.15, 0.2) is 66.7 Å². The molecular formula is C32H33ClFN3O5. The molecular weight excluding hydrogens is 561 g/mol. The largest absolute Gasteiger partial charge is 0.496 e. The minimum absolute atomic E-state index is 0.155. The molecule has 0 radical (unpaired) electrons. The van der Waals surface area contributed by atoms with Gasteiger partial charge >= 0.3 is 6.09 Å². The van der Waals surface area contributed by atoms with E-state index in [1.165, 1.54) is 26.4 Å². The Kier molecular flexibility index (Phi) is 8.97. The maximum Gasteiger partial charge on any atom is 0.407 e. The molecule has 220 valence electrons. The molecule has 3 aromatic carbocycles. The number of rotatable bonds is 6. The zero-order chi connectivity index (χ0) is 29.8. The number of likely N-dealkylation sites (tertiary alicyclic amines) is 2. The molecule has 2 aliphatic heterocycles. The molecule has 10 heteroatoms. The number of hydrogen-bond acceptors (Lipinski definition) is 5. The molecule has 2 fully saturated rings. The van der Waals surface area contributed by atoms with Crippen molar-refractivity contribution in [2.24, 2.45) is 11.8 Å². The van der Waals surface area contributed by atoms with Crippen LogP contribution in [0.25, 0.3) is 11.1 Å². The molecule has 1 N–H and O–H groups in total. The maximum absolute atomic E-state index is 13.9. The first-order valence-corrected chi connectivity index (χ1v) is 14.3. The quantitative estimate of drug-likeness (QED) is 0.404. The van der Waals surface area contributed by atoms with E-state index < -0.39 is 18.0 Å². The van der Waals surface area contributed by atoms with E-state index in [1.54, 1.807) is 24.3 Å². The minimum atomic E-state index is -0.837. The molecule has 3 amide bonds. The number of benzene rings is 3. The average Bonchev–Trinajstić information content (AvgIpc) is 3.32. The summed E-state index contributed by atoms with van der Waals surface area (Å²) >= 11 is 6.58. The van der Waals surface area contributed by atoms with E-state index in [0.29, 0.717) is 54.2 Å². The SMILES string of the molecule is COC(=O)N[C@@H](C(=O)N1C[C@H]2CCN(C(=O)c3ccc(-c4cc(F)ccc4OC)cc3Cl)CC[C@H]2C1)c1ccccc1. The van der Waals surface area contributed by atoms with E-state index in [2.05, 4.69) is 5.32 Å². The summed E-state index contributed by atoms with van der Waals surface area (Å²) in [6, 6.07) is 17.6. The van der Waals surface area contributed by atoms with Crippen LogP contribution < -0.4 is 10.1 Å². The maximum atomic E-state index is 13.9. The van der Waals surface area contributed by atoms with Crippen LogP contribution in [0, 0.1) is 17.7 Å². The minimum Gasteiger partial charge on any atom is -0.496 e. The molecule has 2 heterocycles. The number of nitrogens with one attached hydrogen (secondary N) is 1. The molecule has 2 aliphatic rings. The number of carbonyl (C=O) groups excluding carboxylic acids is 3. The number of amides is 3. The van der Waals surface area contributed by atoms with Crippen LogP contribution in [-0.2, 0) is 9.53 Å². The summed E-state index contributed by atoms with van der Waals surface area (Å²) in [5.41, 5.74) is 2.28. The molecule has 5 rings (SSSR count). The molecule has 0 saturated carbocycles. The molecule has 2 saturated heterocycles.